The SMILES string of the molecule is Cc1cc(C)cc(OCCN(C)C(=O)CNC2CC2)c1. The summed E-state index contributed by atoms with van der Waals surface area (Å²) in [6.45, 7) is 5.68. The molecule has 1 N–H and O–H groups in total. The molecule has 1 aliphatic rings. The summed E-state index contributed by atoms with van der Waals surface area (Å²) in [5.41, 5.74) is 2.39. The van der Waals surface area contributed by atoms with Crippen molar-refractivity contribution in [3.05, 3.63) is 29.3 Å². The Morgan fingerprint density at radius 2 is 1.95 bits per heavy atom. The maximum atomic E-state index is 11.8. The average Bonchev–Trinajstić information content (AvgIpc) is 3.18. The number of carbonyl (C=O) groups excluding carboxylic acids is 1. The lowest BCUT2D eigenvalue weighted by Crippen LogP contribution is -2.38. The third kappa shape index (κ3) is 4.85. The quantitative estimate of drug-likeness (QED) is 0.827. The van der Waals surface area contributed by atoms with Crippen LogP contribution < -0.4 is 10.1 Å². The Bertz CT molecular complexity index is 449. The molecule has 1 aliphatic carbocycles. The van der Waals surface area contributed by atoms with E-state index in [9.17, 15) is 4.79 Å². The van der Waals surface area contributed by atoms with E-state index in [1.54, 1.807) is 4.90 Å². The van der Waals surface area contributed by atoms with Gasteiger partial charge in [-0.2, -0.15) is 0 Å². The minimum Gasteiger partial charge on any atom is -0.492 e. The fourth-order valence-electron chi connectivity index (χ4n) is 2.10. The van der Waals surface area contributed by atoms with Crippen LogP contribution in [-0.2, 0) is 4.79 Å². The van der Waals surface area contributed by atoms with E-state index >= 15 is 0 Å². The molecule has 0 atom stereocenters. The monoisotopic (exact) mass is 276 g/mol. The van der Waals surface area contributed by atoms with E-state index in [0.717, 1.165) is 5.75 Å². The Morgan fingerprint density at radius 3 is 2.55 bits per heavy atom. The molecule has 0 aromatic heterocycles. The Balaban J connectivity index is 1.69. The predicted octanol–water partition coefficient (Wildman–Crippen LogP) is 1.89. The van der Waals surface area contributed by atoms with Crippen molar-refractivity contribution in [2.75, 3.05) is 26.7 Å². The van der Waals surface area contributed by atoms with E-state index in [4.69, 9.17) is 4.74 Å². The van der Waals surface area contributed by atoms with E-state index in [1.165, 1.54) is 24.0 Å². The Hall–Kier alpha value is -1.55. The van der Waals surface area contributed by atoms with Crippen molar-refractivity contribution in [1.82, 2.24) is 10.2 Å². The van der Waals surface area contributed by atoms with Gasteiger partial charge in [-0.25, -0.2) is 0 Å². The third-order valence-corrected chi connectivity index (χ3v) is 3.44. The number of nitrogens with zero attached hydrogens (tertiary/aromatic N) is 1. The van der Waals surface area contributed by atoms with Crippen molar-refractivity contribution >= 4 is 5.91 Å². The van der Waals surface area contributed by atoms with Gasteiger partial charge in [0.2, 0.25) is 5.91 Å². The first-order valence-corrected chi connectivity index (χ1v) is 7.23. The maximum Gasteiger partial charge on any atom is 0.236 e. The third-order valence-electron chi connectivity index (χ3n) is 3.44. The van der Waals surface area contributed by atoms with Crippen LogP contribution in [-0.4, -0.2) is 43.6 Å². The van der Waals surface area contributed by atoms with Crippen LogP contribution in [0.2, 0.25) is 0 Å². The second kappa shape index (κ2) is 6.75. The number of carbonyl (C=O) groups is 1. The molecule has 1 fully saturated rings. The molecule has 20 heavy (non-hydrogen) atoms. The number of likely N-dealkylation sites (N-methyl/N-ethyl adjacent to an activating group) is 1. The first-order valence-electron chi connectivity index (χ1n) is 7.23. The fraction of sp³-hybridized carbons (Fsp3) is 0.562. The Kier molecular flexibility index (Phi) is 5.01. The summed E-state index contributed by atoms with van der Waals surface area (Å²) in [5.74, 6) is 1.00. The van der Waals surface area contributed by atoms with Crippen LogP contribution in [0.25, 0.3) is 0 Å². The zero-order valence-electron chi connectivity index (χ0n) is 12.6. The average molecular weight is 276 g/mol. The fourth-order valence-corrected chi connectivity index (χ4v) is 2.10. The van der Waals surface area contributed by atoms with Crippen LogP contribution in [0.1, 0.15) is 24.0 Å². The van der Waals surface area contributed by atoms with Gasteiger partial charge in [0.25, 0.3) is 0 Å². The standard InChI is InChI=1S/C16H24N2O2/c1-12-8-13(2)10-15(9-12)20-7-6-18(3)16(19)11-17-14-4-5-14/h8-10,14,17H,4-7,11H2,1-3H3. The van der Waals surface area contributed by atoms with Crippen molar-refractivity contribution in [2.24, 2.45) is 0 Å². The van der Waals surface area contributed by atoms with Crippen molar-refractivity contribution in [3.63, 3.8) is 0 Å². The number of hydrogen-bond acceptors (Lipinski definition) is 3. The van der Waals surface area contributed by atoms with E-state index in [1.807, 2.05) is 19.2 Å². The number of hydrogen-bond donors (Lipinski definition) is 1. The van der Waals surface area contributed by atoms with Gasteiger partial charge in [-0.3, -0.25) is 4.79 Å². The molecule has 1 saturated carbocycles. The summed E-state index contributed by atoms with van der Waals surface area (Å²) >= 11 is 0. The zero-order chi connectivity index (χ0) is 14.5. The molecular weight excluding hydrogens is 252 g/mol. The van der Waals surface area contributed by atoms with E-state index in [2.05, 4.69) is 25.2 Å². The number of rotatable bonds is 7. The van der Waals surface area contributed by atoms with Gasteiger partial charge in [-0.1, -0.05) is 6.07 Å². The summed E-state index contributed by atoms with van der Waals surface area (Å²) < 4.78 is 5.71. The summed E-state index contributed by atoms with van der Waals surface area (Å²) in [7, 11) is 1.82. The molecule has 0 radical (unpaired) electrons. The molecule has 1 amide bonds. The van der Waals surface area contributed by atoms with Gasteiger partial charge >= 0.3 is 0 Å². The van der Waals surface area contributed by atoms with Crippen molar-refractivity contribution in [3.8, 4) is 5.75 Å². The van der Waals surface area contributed by atoms with E-state index in [-0.39, 0.29) is 5.91 Å². The van der Waals surface area contributed by atoms with Gasteiger partial charge in [-0.05, 0) is 49.9 Å². The molecule has 0 bridgehead atoms. The molecule has 1 aromatic rings. The molecule has 0 unspecified atom stereocenters. The minimum absolute atomic E-state index is 0.126. The predicted molar refractivity (Wildman–Crippen MR) is 80.1 cm³/mol. The summed E-state index contributed by atoms with van der Waals surface area (Å²) in [4.78, 5) is 13.6. The number of aryl methyl sites for hydroxylation is 2. The largest absolute Gasteiger partial charge is 0.492 e. The summed E-state index contributed by atoms with van der Waals surface area (Å²) in [5, 5.41) is 3.23. The highest BCUT2D eigenvalue weighted by Crippen LogP contribution is 2.18. The molecule has 1 aromatic carbocycles. The van der Waals surface area contributed by atoms with Crippen LogP contribution in [0.5, 0.6) is 5.75 Å². The van der Waals surface area contributed by atoms with Crippen molar-refractivity contribution < 1.29 is 9.53 Å². The first-order chi connectivity index (χ1) is 9.54. The maximum absolute atomic E-state index is 11.8. The summed E-state index contributed by atoms with van der Waals surface area (Å²) in [6.07, 6.45) is 2.40. The highest BCUT2D eigenvalue weighted by Gasteiger charge is 2.21. The van der Waals surface area contributed by atoms with Gasteiger partial charge in [0.05, 0.1) is 13.1 Å². The number of ether oxygens (including phenoxy) is 1. The Labute approximate surface area is 121 Å². The molecular formula is C16H24N2O2. The van der Waals surface area contributed by atoms with Gasteiger partial charge in [0.15, 0.2) is 0 Å². The highest BCUT2D eigenvalue weighted by molar-refractivity contribution is 5.78. The number of amides is 1. The van der Waals surface area contributed by atoms with Crippen molar-refractivity contribution in [1.29, 1.82) is 0 Å². The normalized spacial score (nSPS) is 14.2. The molecule has 0 spiro atoms. The van der Waals surface area contributed by atoms with Crippen LogP contribution in [0.3, 0.4) is 0 Å². The number of nitrogens with one attached hydrogen (secondary N) is 1. The van der Waals surface area contributed by atoms with Gasteiger partial charge in [-0.15, -0.1) is 0 Å². The smallest absolute Gasteiger partial charge is 0.236 e. The van der Waals surface area contributed by atoms with Crippen molar-refractivity contribution in [2.45, 2.75) is 32.7 Å². The molecule has 2 rings (SSSR count). The first kappa shape index (κ1) is 14.9. The van der Waals surface area contributed by atoms with Gasteiger partial charge in [0.1, 0.15) is 12.4 Å². The molecule has 0 aliphatic heterocycles. The molecule has 0 heterocycles. The second-order valence-corrected chi connectivity index (χ2v) is 5.64. The highest BCUT2D eigenvalue weighted by atomic mass is 16.5. The summed E-state index contributed by atoms with van der Waals surface area (Å²) in [6, 6.07) is 6.72. The minimum atomic E-state index is 0.126. The lowest BCUT2D eigenvalue weighted by atomic mass is 10.1. The lowest BCUT2D eigenvalue weighted by Gasteiger charge is -2.18. The zero-order valence-corrected chi connectivity index (χ0v) is 12.6. The Morgan fingerprint density at radius 1 is 1.30 bits per heavy atom. The second-order valence-electron chi connectivity index (χ2n) is 5.64. The van der Waals surface area contributed by atoms with Crippen LogP contribution >= 0.6 is 0 Å². The van der Waals surface area contributed by atoms with Crippen LogP contribution in [0.15, 0.2) is 18.2 Å². The molecule has 0 saturated heterocycles. The molecule has 4 nitrogen and oxygen atoms in total. The van der Waals surface area contributed by atoms with Gasteiger partial charge in [0, 0.05) is 13.1 Å². The lowest BCUT2D eigenvalue weighted by molar-refractivity contribution is -0.129. The van der Waals surface area contributed by atoms with Gasteiger partial charge < -0.3 is 15.0 Å². The molecule has 110 valence electrons. The van der Waals surface area contributed by atoms with E-state index < -0.39 is 0 Å². The van der Waals surface area contributed by atoms with Crippen LogP contribution in [0, 0.1) is 13.8 Å². The topological polar surface area (TPSA) is 41.6 Å². The van der Waals surface area contributed by atoms with Crippen LogP contribution in [0.4, 0.5) is 0 Å². The van der Waals surface area contributed by atoms with E-state index in [0.29, 0.717) is 25.7 Å². The number of benzene rings is 1. The molecule has 4 heteroatoms.